The molecule has 30 heavy (non-hydrogen) atoms. The number of hydrogen-bond acceptors (Lipinski definition) is 6. The Kier molecular flexibility index (Phi) is 4.40. The SMILES string of the molecule is O=C(Oc1ccc2c(c1)OCO2)c1nn(Cc2ccccc2)c(=O)c2ccccc12. The van der Waals surface area contributed by atoms with E-state index in [0.29, 0.717) is 28.0 Å². The lowest BCUT2D eigenvalue weighted by atomic mass is 10.1. The summed E-state index contributed by atoms with van der Waals surface area (Å²) >= 11 is 0. The molecule has 7 nitrogen and oxygen atoms in total. The van der Waals surface area contributed by atoms with Crippen molar-refractivity contribution in [1.82, 2.24) is 9.78 Å². The molecule has 0 atom stereocenters. The fraction of sp³-hybridized carbons (Fsp3) is 0.0870. The summed E-state index contributed by atoms with van der Waals surface area (Å²) in [6.45, 7) is 0.373. The lowest BCUT2D eigenvalue weighted by Crippen LogP contribution is -2.27. The van der Waals surface area contributed by atoms with E-state index < -0.39 is 5.97 Å². The van der Waals surface area contributed by atoms with Crippen LogP contribution in [0.3, 0.4) is 0 Å². The summed E-state index contributed by atoms with van der Waals surface area (Å²) in [7, 11) is 0. The van der Waals surface area contributed by atoms with E-state index in [1.807, 2.05) is 30.3 Å². The van der Waals surface area contributed by atoms with Crippen molar-refractivity contribution in [3.63, 3.8) is 0 Å². The summed E-state index contributed by atoms with van der Waals surface area (Å²) in [6, 6.07) is 21.2. The van der Waals surface area contributed by atoms with Crippen molar-refractivity contribution in [2.75, 3.05) is 6.79 Å². The second kappa shape index (κ2) is 7.36. The summed E-state index contributed by atoms with van der Waals surface area (Å²) in [5, 5.41) is 5.18. The fourth-order valence-electron chi connectivity index (χ4n) is 3.35. The molecule has 4 aromatic rings. The van der Waals surface area contributed by atoms with E-state index >= 15 is 0 Å². The minimum atomic E-state index is -0.660. The largest absolute Gasteiger partial charge is 0.454 e. The number of carbonyl (C=O) groups is 1. The van der Waals surface area contributed by atoms with Crippen molar-refractivity contribution >= 4 is 16.7 Å². The maximum Gasteiger partial charge on any atom is 0.364 e. The summed E-state index contributed by atoms with van der Waals surface area (Å²) in [4.78, 5) is 25.9. The lowest BCUT2D eigenvalue weighted by molar-refractivity contribution is 0.0728. The molecule has 2 heterocycles. The van der Waals surface area contributed by atoms with E-state index in [0.717, 1.165) is 5.56 Å². The third kappa shape index (κ3) is 3.26. The monoisotopic (exact) mass is 400 g/mol. The molecule has 0 N–H and O–H groups in total. The first-order valence-corrected chi connectivity index (χ1v) is 9.35. The smallest absolute Gasteiger partial charge is 0.364 e. The second-order valence-electron chi connectivity index (χ2n) is 6.75. The van der Waals surface area contributed by atoms with Gasteiger partial charge in [0.15, 0.2) is 17.2 Å². The van der Waals surface area contributed by atoms with Crippen LogP contribution in [0, 0.1) is 0 Å². The van der Waals surface area contributed by atoms with Crippen LogP contribution in [-0.4, -0.2) is 22.5 Å². The molecule has 0 fully saturated rings. The number of fused-ring (bicyclic) bond motifs is 2. The molecule has 0 aliphatic carbocycles. The summed E-state index contributed by atoms with van der Waals surface area (Å²) < 4.78 is 17.4. The van der Waals surface area contributed by atoms with Gasteiger partial charge in [-0.1, -0.05) is 48.5 Å². The van der Waals surface area contributed by atoms with Crippen LogP contribution in [0.2, 0.25) is 0 Å². The standard InChI is InChI=1S/C23H16N2O5/c26-22-18-9-5-4-8-17(18)21(24-25(22)13-15-6-2-1-3-7-15)23(27)30-16-10-11-19-20(12-16)29-14-28-19/h1-12H,13-14H2. The molecule has 1 aromatic heterocycles. The van der Waals surface area contributed by atoms with Crippen molar-refractivity contribution in [3.05, 3.63) is 94.4 Å². The summed E-state index contributed by atoms with van der Waals surface area (Å²) in [5.41, 5.74) is 0.699. The van der Waals surface area contributed by atoms with Crippen molar-refractivity contribution in [3.8, 4) is 17.2 Å². The molecular weight excluding hydrogens is 384 g/mol. The Bertz CT molecular complexity index is 1310. The molecule has 0 unspecified atom stereocenters. The molecular formula is C23H16N2O5. The number of rotatable bonds is 4. The van der Waals surface area contributed by atoms with Gasteiger partial charge < -0.3 is 14.2 Å². The van der Waals surface area contributed by atoms with Gasteiger partial charge in [-0.3, -0.25) is 4.79 Å². The van der Waals surface area contributed by atoms with Gasteiger partial charge in [0.1, 0.15) is 5.75 Å². The quantitative estimate of drug-likeness (QED) is 0.386. The molecule has 0 amide bonds. The zero-order valence-electron chi connectivity index (χ0n) is 15.8. The van der Waals surface area contributed by atoms with Gasteiger partial charge in [-0.05, 0) is 23.8 Å². The Morgan fingerprint density at radius 1 is 0.933 bits per heavy atom. The highest BCUT2D eigenvalue weighted by Gasteiger charge is 2.20. The number of esters is 1. The minimum absolute atomic E-state index is 0.0683. The molecule has 0 radical (unpaired) electrons. The molecule has 0 saturated carbocycles. The first kappa shape index (κ1) is 17.9. The van der Waals surface area contributed by atoms with Crippen LogP contribution < -0.4 is 19.8 Å². The van der Waals surface area contributed by atoms with Crippen LogP contribution in [0.4, 0.5) is 0 Å². The predicted octanol–water partition coefficient (Wildman–Crippen LogP) is 3.39. The minimum Gasteiger partial charge on any atom is -0.454 e. The van der Waals surface area contributed by atoms with Crippen molar-refractivity contribution in [2.24, 2.45) is 0 Å². The second-order valence-corrected chi connectivity index (χ2v) is 6.75. The number of hydrogen-bond donors (Lipinski definition) is 0. The molecule has 1 aliphatic rings. The summed E-state index contributed by atoms with van der Waals surface area (Å²) in [5.74, 6) is 0.741. The Morgan fingerprint density at radius 3 is 2.50 bits per heavy atom. The van der Waals surface area contributed by atoms with Gasteiger partial charge in [-0.2, -0.15) is 5.10 Å². The van der Waals surface area contributed by atoms with E-state index in [4.69, 9.17) is 14.2 Å². The number of nitrogens with zero attached hydrogens (tertiary/aromatic N) is 2. The van der Waals surface area contributed by atoms with E-state index in [2.05, 4.69) is 5.10 Å². The van der Waals surface area contributed by atoms with E-state index in [1.165, 1.54) is 4.68 Å². The maximum atomic E-state index is 13.0. The van der Waals surface area contributed by atoms with Gasteiger partial charge in [0.05, 0.1) is 11.9 Å². The topological polar surface area (TPSA) is 79.7 Å². The first-order valence-electron chi connectivity index (χ1n) is 9.35. The van der Waals surface area contributed by atoms with Crippen LogP contribution in [0.1, 0.15) is 16.1 Å². The van der Waals surface area contributed by atoms with Crippen LogP contribution in [-0.2, 0) is 6.54 Å². The van der Waals surface area contributed by atoms with Gasteiger partial charge in [0.2, 0.25) is 6.79 Å². The fourth-order valence-corrected chi connectivity index (χ4v) is 3.35. The normalized spacial score (nSPS) is 12.1. The van der Waals surface area contributed by atoms with E-state index in [1.54, 1.807) is 42.5 Å². The zero-order valence-corrected chi connectivity index (χ0v) is 15.8. The number of ether oxygens (including phenoxy) is 3. The molecule has 7 heteroatoms. The average molecular weight is 400 g/mol. The Morgan fingerprint density at radius 2 is 1.67 bits per heavy atom. The van der Waals surface area contributed by atoms with Crippen molar-refractivity contribution < 1.29 is 19.0 Å². The number of benzene rings is 3. The third-order valence-electron chi connectivity index (χ3n) is 4.79. The van der Waals surface area contributed by atoms with Crippen molar-refractivity contribution in [2.45, 2.75) is 6.54 Å². The van der Waals surface area contributed by atoms with Crippen LogP contribution in [0.5, 0.6) is 17.2 Å². The van der Waals surface area contributed by atoms with Gasteiger partial charge in [-0.15, -0.1) is 0 Å². The molecule has 0 spiro atoms. The molecule has 0 bridgehead atoms. The van der Waals surface area contributed by atoms with Crippen LogP contribution in [0.15, 0.2) is 77.6 Å². The average Bonchev–Trinajstić information content (AvgIpc) is 3.24. The highest BCUT2D eigenvalue weighted by Crippen LogP contribution is 2.35. The zero-order chi connectivity index (χ0) is 20.5. The van der Waals surface area contributed by atoms with Gasteiger partial charge >= 0.3 is 5.97 Å². The molecule has 0 saturated heterocycles. The lowest BCUT2D eigenvalue weighted by Gasteiger charge is -2.11. The first-order chi connectivity index (χ1) is 14.7. The van der Waals surface area contributed by atoms with Crippen molar-refractivity contribution in [1.29, 1.82) is 0 Å². The Balaban J connectivity index is 1.55. The maximum absolute atomic E-state index is 13.0. The molecule has 3 aromatic carbocycles. The van der Waals surface area contributed by atoms with Gasteiger partial charge in [0.25, 0.3) is 5.56 Å². The van der Waals surface area contributed by atoms with Gasteiger partial charge in [-0.25, -0.2) is 9.48 Å². The number of aromatic nitrogens is 2. The highest BCUT2D eigenvalue weighted by molar-refractivity contribution is 6.02. The highest BCUT2D eigenvalue weighted by atomic mass is 16.7. The van der Waals surface area contributed by atoms with Crippen LogP contribution >= 0.6 is 0 Å². The predicted molar refractivity (Wildman–Crippen MR) is 109 cm³/mol. The molecule has 1 aliphatic heterocycles. The summed E-state index contributed by atoms with van der Waals surface area (Å²) in [6.07, 6.45) is 0. The number of carbonyl (C=O) groups excluding carboxylic acids is 1. The van der Waals surface area contributed by atoms with E-state index in [9.17, 15) is 9.59 Å². The molecule has 5 rings (SSSR count). The van der Waals surface area contributed by atoms with E-state index in [-0.39, 0.29) is 24.6 Å². The van der Waals surface area contributed by atoms with Gasteiger partial charge in [0, 0.05) is 11.5 Å². The molecule has 148 valence electrons. The Labute approximate surface area is 171 Å². The van der Waals surface area contributed by atoms with Crippen LogP contribution in [0.25, 0.3) is 10.8 Å². The third-order valence-corrected chi connectivity index (χ3v) is 4.79. The Hall–Kier alpha value is -4.13.